The Morgan fingerprint density at radius 2 is 1.88 bits per heavy atom. The second kappa shape index (κ2) is 7.40. The van der Waals surface area contributed by atoms with E-state index in [-0.39, 0.29) is 0 Å². The Balaban J connectivity index is 1.33. The minimum Gasteiger partial charge on any atom is -0.336 e. The lowest BCUT2D eigenvalue weighted by molar-refractivity contribution is -0.131. The quantitative estimate of drug-likeness (QED) is 0.814. The molecule has 2 heterocycles. The van der Waals surface area contributed by atoms with Gasteiger partial charge in [0.05, 0.1) is 5.75 Å². The van der Waals surface area contributed by atoms with Gasteiger partial charge < -0.3 is 4.90 Å². The molecule has 2 saturated carbocycles. The van der Waals surface area contributed by atoms with Crippen LogP contribution in [0.5, 0.6) is 0 Å². The van der Waals surface area contributed by atoms with Crippen LogP contribution in [0.25, 0.3) is 0 Å². The number of nitrogens with zero attached hydrogens (tertiary/aromatic N) is 1. The molecule has 0 aromatic rings. The summed E-state index contributed by atoms with van der Waals surface area (Å²) in [4.78, 5) is 15.3. The minimum atomic E-state index is 0.394. The molecule has 1 N–H and O–H groups in total. The number of carbonyl (C=O) groups is 1. The molecule has 0 aromatic carbocycles. The summed E-state index contributed by atoms with van der Waals surface area (Å²) >= 11 is 3.93. The smallest absolute Gasteiger partial charge is 0.233 e. The Morgan fingerprint density at radius 1 is 1.12 bits per heavy atom. The first-order valence-corrected chi connectivity index (χ1v) is 12.0. The Hall–Kier alpha value is 0.130. The molecule has 24 heavy (non-hydrogen) atoms. The number of fused-ring (bicyclic) bond motifs is 2. The fourth-order valence-electron chi connectivity index (χ4n) is 5.56. The summed E-state index contributed by atoms with van der Waals surface area (Å²) < 4.78 is 0.430. The number of nitrogens with one attached hydrogen (secondary N) is 1. The molecule has 4 rings (SSSR count). The average Bonchev–Trinajstić information content (AvgIpc) is 3.13. The fraction of sp³-hybridized carbons (Fsp3) is 0.947. The predicted octanol–water partition coefficient (Wildman–Crippen LogP) is 4.08. The van der Waals surface area contributed by atoms with Crippen LogP contribution in [0.15, 0.2) is 0 Å². The van der Waals surface area contributed by atoms with Crippen LogP contribution >= 0.6 is 23.5 Å². The zero-order valence-corrected chi connectivity index (χ0v) is 16.7. The molecule has 3 nitrogen and oxygen atoms in total. The first kappa shape index (κ1) is 17.5. The number of thioether (sulfide) groups is 2. The van der Waals surface area contributed by atoms with Crippen LogP contribution in [-0.2, 0) is 4.79 Å². The maximum atomic E-state index is 13.0. The molecule has 2 aliphatic heterocycles. The van der Waals surface area contributed by atoms with Gasteiger partial charge >= 0.3 is 0 Å². The molecule has 0 bridgehead atoms. The van der Waals surface area contributed by atoms with Crippen LogP contribution in [0.4, 0.5) is 0 Å². The number of hydrogen-bond donors (Lipinski definition) is 1. The summed E-state index contributed by atoms with van der Waals surface area (Å²) in [5.74, 6) is 2.48. The van der Waals surface area contributed by atoms with Crippen molar-refractivity contribution >= 4 is 29.4 Å². The first-order valence-electron chi connectivity index (χ1n) is 9.99. The standard InChI is InChI=1S/C19H32N2OS2/c1-12-13(2)21(16-9-5-3-7-14(12)16)18(22)11-23-19-20-15-8-4-6-10-17(15)24-19/h12-17,19-20H,3-11H2,1-2H3. The second-order valence-corrected chi connectivity index (χ2v) is 11.0. The van der Waals surface area contributed by atoms with E-state index < -0.39 is 0 Å². The van der Waals surface area contributed by atoms with Crippen molar-refractivity contribution in [3.63, 3.8) is 0 Å². The normalized spacial score (nSPS) is 45.1. The van der Waals surface area contributed by atoms with Crippen molar-refractivity contribution in [2.45, 2.75) is 93.3 Å². The van der Waals surface area contributed by atoms with Crippen LogP contribution < -0.4 is 5.32 Å². The summed E-state index contributed by atoms with van der Waals surface area (Å²) in [6.07, 6.45) is 10.7. The third-order valence-corrected chi connectivity index (χ3v) is 9.90. The van der Waals surface area contributed by atoms with Gasteiger partial charge in [0.1, 0.15) is 4.71 Å². The van der Waals surface area contributed by atoms with Gasteiger partial charge in [-0.1, -0.05) is 32.6 Å². The zero-order chi connectivity index (χ0) is 16.7. The number of hydrogen-bond acceptors (Lipinski definition) is 4. The Morgan fingerprint density at radius 3 is 2.71 bits per heavy atom. The number of rotatable bonds is 3. The monoisotopic (exact) mass is 368 g/mol. The van der Waals surface area contributed by atoms with E-state index in [0.717, 1.165) is 11.2 Å². The largest absolute Gasteiger partial charge is 0.336 e. The molecule has 7 atom stereocenters. The highest BCUT2D eigenvalue weighted by atomic mass is 32.2. The van der Waals surface area contributed by atoms with Crippen molar-refractivity contribution in [2.24, 2.45) is 11.8 Å². The molecular weight excluding hydrogens is 336 g/mol. The summed E-state index contributed by atoms with van der Waals surface area (Å²) in [6, 6.07) is 1.66. The van der Waals surface area contributed by atoms with Crippen molar-refractivity contribution < 1.29 is 4.79 Å². The van der Waals surface area contributed by atoms with Gasteiger partial charge in [-0.25, -0.2) is 0 Å². The number of carbonyl (C=O) groups excluding carboxylic acids is 1. The lowest BCUT2D eigenvalue weighted by Gasteiger charge is -2.33. The van der Waals surface area contributed by atoms with E-state index in [1.165, 1.54) is 51.4 Å². The summed E-state index contributed by atoms with van der Waals surface area (Å²) in [6.45, 7) is 4.65. The molecule has 4 aliphatic rings. The molecule has 7 unspecified atom stereocenters. The van der Waals surface area contributed by atoms with Gasteiger partial charge in [-0.2, -0.15) is 0 Å². The lowest BCUT2D eigenvalue weighted by Crippen LogP contribution is -2.43. The van der Waals surface area contributed by atoms with E-state index in [0.29, 0.717) is 40.4 Å². The second-order valence-electron chi connectivity index (χ2n) is 8.29. The molecular formula is C19H32N2OS2. The molecule has 0 spiro atoms. The Kier molecular flexibility index (Phi) is 5.41. The van der Waals surface area contributed by atoms with Crippen LogP contribution in [0.2, 0.25) is 0 Å². The van der Waals surface area contributed by atoms with Crippen molar-refractivity contribution in [2.75, 3.05) is 5.75 Å². The molecule has 0 aromatic heterocycles. The molecule has 2 saturated heterocycles. The van der Waals surface area contributed by atoms with Crippen LogP contribution in [0.1, 0.15) is 65.2 Å². The van der Waals surface area contributed by atoms with Crippen LogP contribution in [0, 0.1) is 11.8 Å². The summed E-state index contributed by atoms with van der Waals surface area (Å²) in [5.41, 5.74) is 0. The highest BCUT2D eigenvalue weighted by Gasteiger charge is 2.47. The van der Waals surface area contributed by atoms with Gasteiger partial charge in [-0.15, -0.1) is 23.5 Å². The molecule has 5 heteroatoms. The fourth-order valence-corrected chi connectivity index (χ4v) is 8.49. The zero-order valence-electron chi connectivity index (χ0n) is 15.1. The SMILES string of the molecule is CC1C2CCCCC2N(C(=O)CSC2NC3CCCCC3S2)C1C. The van der Waals surface area contributed by atoms with Gasteiger partial charge in [0.25, 0.3) is 0 Å². The highest BCUT2D eigenvalue weighted by Crippen LogP contribution is 2.44. The van der Waals surface area contributed by atoms with Crippen molar-refractivity contribution in [1.82, 2.24) is 10.2 Å². The predicted molar refractivity (Wildman–Crippen MR) is 104 cm³/mol. The molecule has 4 fully saturated rings. The average molecular weight is 369 g/mol. The Labute approximate surface area is 155 Å². The summed E-state index contributed by atoms with van der Waals surface area (Å²) in [5, 5.41) is 4.56. The van der Waals surface area contributed by atoms with Crippen molar-refractivity contribution in [3.8, 4) is 0 Å². The minimum absolute atomic E-state index is 0.394. The third-order valence-electron chi connectivity index (χ3n) is 7.01. The molecule has 2 aliphatic carbocycles. The topological polar surface area (TPSA) is 32.3 Å². The van der Waals surface area contributed by atoms with Crippen molar-refractivity contribution in [1.29, 1.82) is 0 Å². The Bertz CT molecular complexity index is 460. The van der Waals surface area contributed by atoms with Crippen LogP contribution in [-0.4, -0.2) is 44.6 Å². The van der Waals surface area contributed by atoms with Gasteiger partial charge in [0, 0.05) is 23.4 Å². The summed E-state index contributed by atoms with van der Waals surface area (Å²) in [7, 11) is 0. The molecule has 136 valence electrons. The first-order chi connectivity index (χ1) is 11.6. The van der Waals surface area contributed by atoms with Crippen LogP contribution in [0.3, 0.4) is 0 Å². The van der Waals surface area contributed by atoms with E-state index in [9.17, 15) is 4.79 Å². The van der Waals surface area contributed by atoms with E-state index >= 15 is 0 Å². The highest BCUT2D eigenvalue weighted by molar-refractivity contribution is 8.17. The van der Waals surface area contributed by atoms with E-state index in [2.05, 4.69) is 35.8 Å². The maximum Gasteiger partial charge on any atom is 0.233 e. The van der Waals surface area contributed by atoms with E-state index in [4.69, 9.17) is 0 Å². The van der Waals surface area contributed by atoms with Gasteiger partial charge in [-0.3, -0.25) is 10.1 Å². The van der Waals surface area contributed by atoms with Gasteiger partial charge in [-0.05, 0) is 44.4 Å². The third kappa shape index (κ3) is 3.25. The number of likely N-dealkylation sites (tertiary alicyclic amines) is 1. The van der Waals surface area contributed by atoms with Gasteiger partial charge in [0.15, 0.2) is 0 Å². The van der Waals surface area contributed by atoms with E-state index in [1.54, 1.807) is 0 Å². The van der Waals surface area contributed by atoms with Gasteiger partial charge in [0.2, 0.25) is 5.91 Å². The molecule has 1 amide bonds. The molecule has 0 radical (unpaired) electrons. The van der Waals surface area contributed by atoms with Crippen molar-refractivity contribution in [3.05, 3.63) is 0 Å². The maximum absolute atomic E-state index is 13.0. The lowest BCUT2D eigenvalue weighted by atomic mass is 9.79. The number of amides is 1. The van der Waals surface area contributed by atoms with E-state index in [1.807, 2.05) is 11.8 Å².